The van der Waals surface area contributed by atoms with Crippen LogP contribution in [0.1, 0.15) is 27.6 Å². The van der Waals surface area contributed by atoms with Gasteiger partial charge in [0.2, 0.25) is 5.43 Å². The molecule has 0 aliphatic heterocycles. The number of rotatable bonds is 4. The highest BCUT2D eigenvalue weighted by Crippen LogP contribution is 2.34. The predicted molar refractivity (Wildman–Crippen MR) is 93.3 cm³/mol. The Morgan fingerprint density at radius 2 is 1.78 bits per heavy atom. The van der Waals surface area contributed by atoms with Crippen molar-refractivity contribution in [3.63, 3.8) is 0 Å². The number of nitrogens with one attached hydrogen (secondary N) is 2. The van der Waals surface area contributed by atoms with Crippen molar-refractivity contribution in [1.29, 1.82) is 0 Å². The maximum Gasteiger partial charge on any atom is 0.416 e. The summed E-state index contributed by atoms with van der Waals surface area (Å²) in [5.74, 6) is -0.787. The van der Waals surface area contributed by atoms with Gasteiger partial charge in [-0.3, -0.25) is 9.59 Å². The lowest BCUT2D eigenvalue weighted by Crippen LogP contribution is -2.32. The predicted octanol–water partition coefficient (Wildman–Crippen LogP) is 3.01. The number of aromatic amines is 1. The molecule has 3 aromatic rings. The number of H-pyrrole nitrogens is 1. The highest BCUT2D eigenvalue weighted by atomic mass is 19.4. The molecule has 1 aromatic heterocycles. The summed E-state index contributed by atoms with van der Waals surface area (Å²) in [7, 11) is 0. The van der Waals surface area contributed by atoms with Gasteiger partial charge in [0.15, 0.2) is 0 Å². The number of aliphatic hydroxyl groups is 1. The molecule has 0 aliphatic carbocycles. The van der Waals surface area contributed by atoms with Crippen molar-refractivity contribution in [1.82, 2.24) is 10.3 Å². The number of hydrogen-bond donors (Lipinski definition) is 3. The molecular formula is C19H15F3N2O3. The first-order valence-corrected chi connectivity index (χ1v) is 8.02. The van der Waals surface area contributed by atoms with Crippen molar-refractivity contribution in [2.24, 2.45) is 0 Å². The zero-order chi connectivity index (χ0) is 19.6. The van der Waals surface area contributed by atoms with Gasteiger partial charge in [0.25, 0.3) is 5.91 Å². The van der Waals surface area contributed by atoms with Crippen LogP contribution in [-0.4, -0.2) is 22.5 Å². The SMILES string of the molecule is O=C(NCC(O)c1ccccc1C(F)(F)F)c1c[nH]c2ccccc2c1=O. The van der Waals surface area contributed by atoms with Crippen LogP contribution < -0.4 is 10.7 Å². The molecule has 0 aliphatic rings. The van der Waals surface area contributed by atoms with Crippen molar-refractivity contribution < 1.29 is 23.1 Å². The second kappa shape index (κ2) is 7.24. The second-order valence-electron chi connectivity index (χ2n) is 5.89. The average Bonchev–Trinajstić information content (AvgIpc) is 2.65. The number of para-hydroxylation sites is 1. The molecule has 1 atom stereocenters. The fourth-order valence-electron chi connectivity index (χ4n) is 2.78. The molecule has 0 radical (unpaired) electrons. The summed E-state index contributed by atoms with van der Waals surface area (Å²) in [6, 6.07) is 11.2. The molecule has 0 bridgehead atoms. The molecule has 2 aromatic carbocycles. The lowest BCUT2D eigenvalue weighted by atomic mass is 10.0. The van der Waals surface area contributed by atoms with E-state index in [-0.39, 0.29) is 11.1 Å². The van der Waals surface area contributed by atoms with E-state index in [0.717, 1.165) is 12.1 Å². The van der Waals surface area contributed by atoms with Crippen LogP contribution in [0.15, 0.2) is 59.5 Å². The second-order valence-corrected chi connectivity index (χ2v) is 5.89. The molecular weight excluding hydrogens is 361 g/mol. The van der Waals surface area contributed by atoms with E-state index >= 15 is 0 Å². The molecule has 1 amide bonds. The van der Waals surface area contributed by atoms with Gasteiger partial charge in [-0.1, -0.05) is 30.3 Å². The number of carbonyl (C=O) groups is 1. The fourth-order valence-corrected chi connectivity index (χ4v) is 2.78. The van der Waals surface area contributed by atoms with Crippen molar-refractivity contribution in [3.05, 3.63) is 81.6 Å². The minimum Gasteiger partial charge on any atom is -0.387 e. The Bertz CT molecular complexity index is 1040. The third kappa shape index (κ3) is 3.85. The van der Waals surface area contributed by atoms with Gasteiger partial charge >= 0.3 is 6.18 Å². The van der Waals surface area contributed by atoms with E-state index in [1.54, 1.807) is 24.3 Å². The van der Waals surface area contributed by atoms with E-state index in [1.807, 2.05) is 0 Å². The summed E-state index contributed by atoms with van der Waals surface area (Å²) in [5, 5.41) is 12.7. The van der Waals surface area contributed by atoms with Gasteiger partial charge in [-0.25, -0.2) is 0 Å². The Morgan fingerprint density at radius 1 is 1.11 bits per heavy atom. The Kier molecular flexibility index (Phi) is 5.00. The number of halogens is 3. The lowest BCUT2D eigenvalue weighted by Gasteiger charge is -2.17. The molecule has 5 nitrogen and oxygen atoms in total. The maximum atomic E-state index is 13.0. The van der Waals surface area contributed by atoms with Gasteiger partial charge in [-0.15, -0.1) is 0 Å². The smallest absolute Gasteiger partial charge is 0.387 e. The molecule has 0 spiro atoms. The van der Waals surface area contributed by atoms with Gasteiger partial charge in [0.05, 0.1) is 11.7 Å². The summed E-state index contributed by atoms with van der Waals surface area (Å²) in [6.45, 7) is -0.474. The third-order valence-corrected chi connectivity index (χ3v) is 4.11. The van der Waals surface area contributed by atoms with E-state index < -0.39 is 35.7 Å². The first-order chi connectivity index (χ1) is 12.8. The van der Waals surface area contributed by atoms with Gasteiger partial charge in [-0.2, -0.15) is 13.2 Å². The Morgan fingerprint density at radius 3 is 2.52 bits per heavy atom. The topological polar surface area (TPSA) is 82.2 Å². The lowest BCUT2D eigenvalue weighted by molar-refractivity contribution is -0.139. The standard InChI is InChI=1S/C19H15F3N2O3/c20-19(21,22)14-7-3-1-5-11(14)16(25)10-24-18(27)13-9-23-15-8-4-2-6-12(15)17(13)26/h1-9,16,25H,10H2,(H,23,26)(H,24,27). The van der Waals surface area contributed by atoms with Crippen LogP contribution in [0.5, 0.6) is 0 Å². The number of benzene rings is 2. The zero-order valence-corrected chi connectivity index (χ0v) is 13.9. The number of aliphatic hydroxyl groups excluding tert-OH is 1. The Hall–Kier alpha value is -3.13. The minimum atomic E-state index is -4.63. The molecule has 1 unspecified atom stereocenters. The third-order valence-electron chi connectivity index (χ3n) is 4.11. The van der Waals surface area contributed by atoms with Crippen LogP contribution in [0, 0.1) is 0 Å². The van der Waals surface area contributed by atoms with Gasteiger partial charge in [0.1, 0.15) is 5.56 Å². The van der Waals surface area contributed by atoms with Crippen LogP contribution in [0.4, 0.5) is 13.2 Å². The molecule has 8 heteroatoms. The largest absolute Gasteiger partial charge is 0.416 e. The number of alkyl halides is 3. The number of hydrogen-bond acceptors (Lipinski definition) is 3. The fraction of sp³-hybridized carbons (Fsp3) is 0.158. The van der Waals surface area contributed by atoms with Crippen LogP contribution in [0.2, 0.25) is 0 Å². The monoisotopic (exact) mass is 376 g/mol. The first kappa shape index (κ1) is 18.7. The minimum absolute atomic E-state index is 0.190. The molecule has 3 rings (SSSR count). The Labute approximate surface area is 151 Å². The van der Waals surface area contributed by atoms with Gasteiger partial charge in [0, 0.05) is 23.6 Å². The molecule has 3 N–H and O–H groups in total. The summed E-state index contributed by atoms with van der Waals surface area (Å²) >= 11 is 0. The van der Waals surface area contributed by atoms with Crippen LogP contribution in [0.25, 0.3) is 10.9 Å². The van der Waals surface area contributed by atoms with E-state index in [2.05, 4.69) is 10.3 Å². The number of aromatic nitrogens is 1. The highest BCUT2D eigenvalue weighted by molar-refractivity contribution is 5.97. The van der Waals surface area contributed by atoms with Crippen molar-refractivity contribution in [2.75, 3.05) is 6.54 Å². The molecule has 27 heavy (non-hydrogen) atoms. The van der Waals surface area contributed by atoms with Crippen molar-refractivity contribution >= 4 is 16.8 Å². The van der Waals surface area contributed by atoms with E-state index in [1.165, 1.54) is 18.3 Å². The normalized spacial score (nSPS) is 12.7. The summed E-state index contributed by atoms with van der Waals surface area (Å²) in [4.78, 5) is 27.5. The quantitative estimate of drug-likeness (QED) is 0.655. The highest BCUT2D eigenvalue weighted by Gasteiger charge is 2.34. The van der Waals surface area contributed by atoms with Gasteiger partial charge in [-0.05, 0) is 23.8 Å². The number of fused-ring (bicyclic) bond motifs is 1. The van der Waals surface area contributed by atoms with Crippen LogP contribution in [0.3, 0.4) is 0 Å². The van der Waals surface area contributed by atoms with E-state index in [9.17, 15) is 27.9 Å². The maximum absolute atomic E-state index is 13.0. The van der Waals surface area contributed by atoms with E-state index in [4.69, 9.17) is 0 Å². The molecule has 0 saturated carbocycles. The van der Waals surface area contributed by atoms with E-state index in [0.29, 0.717) is 10.9 Å². The molecule has 0 saturated heterocycles. The average molecular weight is 376 g/mol. The first-order valence-electron chi connectivity index (χ1n) is 8.02. The number of carbonyl (C=O) groups excluding carboxylic acids is 1. The zero-order valence-electron chi connectivity index (χ0n) is 13.9. The summed E-state index contributed by atoms with van der Waals surface area (Å²) in [5.41, 5.74) is -1.47. The molecule has 0 fully saturated rings. The number of pyridine rings is 1. The molecule has 1 heterocycles. The van der Waals surface area contributed by atoms with Crippen LogP contribution >= 0.6 is 0 Å². The molecule has 140 valence electrons. The Balaban J connectivity index is 1.79. The summed E-state index contributed by atoms with van der Waals surface area (Å²) < 4.78 is 39.1. The van der Waals surface area contributed by atoms with Crippen LogP contribution in [-0.2, 0) is 6.18 Å². The number of amides is 1. The summed E-state index contributed by atoms with van der Waals surface area (Å²) in [6.07, 6.45) is -4.97. The van der Waals surface area contributed by atoms with Crippen molar-refractivity contribution in [2.45, 2.75) is 12.3 Å². The van der Waals surface area contributed by atoms with Gasteiger partial charge < -0.3 is 15.4 Å². The van der Waals surface area contributed by atoms with Crippen molar-refractivity contribution in [3.8, 4) is 0 Å².